The highest BCUT2D eigenvalue weighted by molar-refractivity contribution is 7.88. The molecular weight excluding hydrogens is 208 g/mol. The molecule has 0 aliphatic rings. The Hall–Kier alpha value is -0.910. The summed E-state index contributed by atoms with van der Waals surface area (Å²) in [5.41, 5.74) is 0. The molecule has 0 saturated carbocycles. The average Bonchev–Trinajstić information content (AvgIpc) is 2.45. The average molecular weight is 214 g/mol. The van der Waals surface area contributed by atoms with Crippen LogP contribution in [-0.4, -0.2) is 13.0 Å². The number of benzene rings is 1. The molecule has 5 heteroatoms. The molecule has 2 rings (SSSR count). The Morgan fingerprint density at radius 3 is 2.54 bits per heavy atom. The van der Waals surface area contributed by atoms with Crippen molar-refractivity contribution in [1.82, 2.24) is 0 Å². The summed E-state index contributed by atoms with van der Waals surface area (Å²) in [6.07, 6.45) is 0. The lowest BCUT2D eigenvalue weighted by molar-refractivity contribution is 0.485. The van der Waals surface area contributed by atoms with Crippen molar-refractivity contribution in [3.8, 4) is 0 Å². The molecule has 0 radical (unpaired) electrons. The second kappa shape index (κ2) is 2.80. The summed E-state index contributed by atoms with van der Waals surface area (Å²) in [6.45, 7) is 0. The standard InChI is InChI=1S/C8H6O3S2/c9-13(10,11)8-5-6-3-1-2-4-7(6)12-8/h1-5H,(H,9,10,11). The Labute approximate surface area is 79.4 Å². The quantitative estimate of drug-likeness (QED) is 0.740. The van der Waals surface area contributed by atoms with E-state index in [1.807, 2.05) is 18.2 Å². The Kier molecular flexibility index (Phi) is 1.87. The van der Waals surface area contributed by atoms with Crippen molar-refractivity contribution in [3.63, 3.8) is 0 Å². The van der Waals surface area contributed by atoms with Crippen LogP contribution in [0, 0.1) is 0 Å². The maximum atomic E-state index is 10.8. The molecule has 0 bridgehead atoms. The molecule has 3 nitrogen and oxygen atoms in total. The molecule has 0 aliphatic heterocycles. The van der Waals surface area contributed by atoms with Gasteiger partial charge in [-0.3, -0.25) is 4.55 Å². The number of fused-ring (bicyclic) bond motifs is 1. The van der Waals surface area contributed by atoms with E-state index in [4.69, 9.17) is 4.55 Å². The molecule has 68 valence electrons. The highest BCUT2D eigenvalue weighted by Gasteiger charge is 2.12. The first kappa shape index (κ1) is 8.68. The zero-order valence-corrected chi connectivity index (χ0v) is 8.10. The van der Waals surface area contributed by atoms with E-state index in [2.05, 4.69) is 0 Å². The normalized spacial score (nSPS) is 12.1. The lowest BCUT2D eigenvalue weighted by Gasteiger charge is -1.85. The smallest absolute Gasteiger partial charge is 0.281 e. The molecule has 0 spiro atoms. The zero-order chi connectivity index (χ0) is 9.47. The summed E-state index contributed by atoms with van der Waals surface area (Å²) in [4.78, 5) is 0. The summed E-state index contributed by atoms with van der Waals surface area (Å²) in [5.74, 6) is 0. The van der Waals surface area contributed by atoms with Crippen molar-refractivity contribution < 1.29 is 13.0 Å². The first-order valence-electron chi connectivity index (χ1n) is 3.53. The van der Waals surface area contributed by atoms with Gasteiger partial charge >= 0.3 is 10.1 Å². The largest absolute Gasteiger partial charge is 0.304 e. The van der Waals surface area contributed by atoms with E-state index in [0.717, 1.165) is 21.4 Å². The lowest BCUT2D eigenvalue weighted by Crippen LogP contribution is -1.92. The molecule has 1 N–H and O–H groups in total. The molecule has 1 aromatic carbocycles. The fourth-order valence-corrected chi connectivity index (χ4v) is 2.85. The minimum atomic E-state index is -4.05. The van der Waals surface area contributed by atoms with Crippen molar-refractivity contribution in [1.29, 1.82) is 0 Å². The van der Waals surface area contributed by atoms with Crippen LogP contribution in [-0.2, 0) is 10.1 Å². The molecule has 1 heterocycles. The van der Waals surface area contributed by atoms with E-state index >= 15 is 0 Å². The molecule has 2 aromatic rings. The van der Waals surface area contributed by atoms with Crippen molar-refractivity contribution in [2.24, 2.45) is 0 Å². The van der Waals surface area contributed by atoms with Crippen molar-refractivity contribution in [2.45, 2.75) is 4.21 Å². The monoisotopic (exact) mass is 214 g/mol. The van der Waals surface area contributed by atoms with Crippen molar-refractivity contribution >= 4 is 31.5 Å². The van der Waals surface area contributed by atoms with E-state index in [1.165, 1.54) is 6.07 Å². The van der Waals surface area contributed by atoms with Gasteiger partial charge in [0.1, 0.15) is 4.21 Å². The van der Waals surface area contributed by atoms with Crippen LogP contribution < -0.4 is 0 Å². The predicted molar refractivity (Wildman–Crippen MR) is 51.6 cm³/mol. The predicted octanol–water partition coefficient (Wildman–Crippen LogP) is 2.15. The fourth-order valence-electron chi connectivity index (χ4n) is 1.08. The van der Waals surface area contributed by atoms with E-state index in [9.17, 15) is 8.42 Å². The van der Waals surface area contributed by atoms with Gasteiger partial charge in [0.25, 0.3) is 0 Å². The van der Waals surface area contributed by atoms with Crippen molar-refractivity contribution in [3.05, 3.63) is 30.3 Å². The highest BCUT2D eigenvalue weighted by atomic mass is 32.3. The molecule has 0 atom stereocenters. The van der Waals surface area contributed by atoms with E-state index in [1.54, 1.807) is 6.07 Å². The summed E-state index contributed by atoms with van der Waals surface area (Å²) < 4.78 is 31.2. The third-order valence-electron chi connectivity index (χ3n) is 1.66. The van der Waals surface area contributed by atoms with Gasteiger partial charge in [0.05, 0.1) is 0 Å². The van der Waals surface area contributed by atoms with Gasteiger partial charge < -0.3 is 0 Å². The second-order valence-corrected chi connectivity index (χ2v) is 5.31. The number of thiophene rings is 1. The molecule has 0 fully saturated rings. The molecule has 0 unspecified atom stereocenters. The van der Waals surface area contributed by atoms with E-state index in [-0.39, 0.29) is 4.21 Å². The Balaban J connectivity index is 2.77. The van der Waals surface area contributed by atoms with Crippen LogP contribution in [0.5, 0.6) is 0 Å². The van der Waals surface area contributed by atoms with Gasteiger partial charge in [-0.05, 0) is 17.5 Å². The maximum absolute atomic E-state index is 10.8. The summed E-state index contributed by atoms with van der Waals surface area (Å²) in [7, 11) is -4.05. The topological polar surface area (TPSA) is 54.4 Å². The minimum Gasteiger partial charge on any atom is -0.281 e. The van der Waals surface area contributed by atoms with E-state index < -0.39 is 10.1 Å². The first-order valence-corrected chi connectivity index (χ1v) is 5.79. The molecule has 0 saturated heterocycles. The van der Waals surface area contributed by atoms with Crippen LogP contribution in [0.1, 0.15) is 0 Å². The van der Waals surface area contributed by atoms with Crippen LogP contribution in [0.4, 0.5) is 0 Å². The summed E-state index contributed by atoms with van der Waals surface area (Å²) in [5, 5.41) is 0.833. The molecular formula is C8H6O3S2. The summed E-state index contributed by atoms with van der Waals surface area (Å²) in [6, 6.07) is 8.74. The Bertz CT molecular complexity index is 506. The molecule has 1 aromatic heterocycles. The molecule has 0 aliphatic carbocycles. The SMILES string of the molecule is O=S(=O)(O)c1cc2ccccc2s1. The van der Waals surface area contributed by atoms with Gasteiger partial charge in [0, 0.05) is 4.70 Å². The van der Waals surface area contributed by atoms with Crippen LogP contribution >= 0.6 is 11.3 Å². The minimum absolute atomic E-state index is 0.00583. The van der Waals surface area contributed by atoms with Crippen LogP contribution in [0.3, 0.4) is 0 Å². The Morgan fingerprint density at radius 1 is 1.23 bits per heavy atom. The summed E-state index contributed by atoms with van der Waals surface area (Å²) >= 11 is 1.07. The maximum Gasteiger partial charge on any atom is 0.304 e. The number of hydrogen-bond acceptors (Lipinski definition) is 3. The third kappa shape index (κ3) is 1.58. The first-order chi connectivity index (χ1) is 6.07. The molecule has 13 heavy (non-hydrogen) atoms. The second-order valence-electron chi connectivity index (χ2n) is 2.58. The highest BCUT2D eigenvalue weighted by Crippen LogP contribution is 2.28. The zero-order valence-electron chi connectivity index (χ0n) is 6.47. The number of rotatable bonds is 1. The lowest BCUT2D eigenvalue weighted by atomic mass is 10.3. The number of hydrogen-bond donors (Lipinski definition) is 1. The van der Waals surface area contributed by atoms with Gasteiger partial charge in [-0.15, -0.1) is 11.3 Å². The van der Waals surface area contributed by atoms with Crippen molar-refractivity contribution in [2.75, 3.05) is 0 Å². The third-order valence-corrected chi connectivity index (χ3v) is 4.08. The molecule has 0 amide bonds. The van der Waals surface area contributed by atoms with Gasteiger partial charge in [-0.25, -0.2) is 0 Å². The van der Waals surface area contributed by atoms with Gasteiger partial charge in [-0.1, -0.05) is 18.2 Å². The van der Waals surface area contributed by atoms with E-state index in [0.29, 0.717) is 0 Å². The van der Waals surface area contributed by atoms with Gasteiger partial charge in [-0.2, -0.15) is 8.42 Å². The van der Waals surface area contributed by atoms with Crippen LogP contribution in [0.2, 0.25) is 0 Å². The Morgan fingerprint density at radius 2 is 1.92 bits per heavy atom. The van der Waals surface area contributed by atoms with Crippen LogP contribution in [0.25, 0.3) is 10.1 Å². The van der Waals surface area contributed by atoms with Gasteiger partial charge in [0.2, 0.25) is 0 Å². The van der Waals surface area contributed by atoms with Gasteiger partial charge in [0.15, 0.2) is 0 Å². The fraction of sp³-hybridized carbons (Fsp3) is 0. The van der Waals surface area contributed by atoms with Crippen LogP contribution in [0.15, 0.2) is 34.5 Å².